The van der Waals surface area contributed by atoms with Crippen molar-refractivity contribution in [3.05, 3.63) is 87.9 Å². The molecule has 3 atom stereocenters. The minimum atomic E-state index is -4.68. The van der Waals surface area contributed by atoms with E-state index in [1.807, 2.05) is 26.1 Å². The van der Waals surface area contributed by atoms with E-state index in [1.54, 1.807) is 4.90 Å². The van der Waals surface area contributed by atoms with Gasteiger partial charge in [0.15, 0.2) is 0 Å². The van der Waals surface area contributed by atoms with Crippen LogP contribution >= 0.6 is 11.6 Å². The summed E-state index contributed by atoms with van der Waals surface area (Å²) in [6.07, 6.45) is 0.714. The molecule has 0 radical (unpaired) electrons. The third-order valence-electron chi connectivity index (χ3n) is 7.60. The van der Waals surface area contributed by atoms with E-state index in [4.69, 9.17) is 11.6 Å². The molecule has 206 valence electrons. The van der Waals surface area contributed by atoms with Gasteiger partial charge in [-0.3, -0.25) is 14.8 Å². The van der Waals surface area contributed by atoms with Crippen molar-refractivity contribution in [2.24, 2.45) is 0 Å². The highest BCUT2D eigenvalue weighted by atomic mass is 35.5. The average molecular weight is 559 g/mol. The van der Waals surface area contributed by atoms with Crippen LogP contribution in [0.5, 0.6) is 0 Å². The lowest BCUT2D eigenvalue weighted by molar-refractivity contribution is -0.137. The number of amides is 1. The summed E-state index contributed by atoms with van der Waals surface area (Å²) in [5, 5.41) is 1.57. The largest absolute Gasteiger partial charge is 0.417 e. The number of alkyl halides is 3. The first-order valence-corrected chi connectivity index (χ1v) is 13.1. The number of pyridine rings is 2. The van der Waals surface area contributed by atoms with Gasteiger partial charge in [0.05, 0.1) is 40.6 Å². The van der Waals surface area contributed by atoms with Crippen LogP contribution in [0.3, 0.4) is 0 Å². The number of hydrogen-bond acceptors (Lipinski definition) is 6. The van der Waals surface area contributed by atoms with Gasteiger partial charge in [-0.15, -0.1) is 0 Å². The Morgan fingerprint density at radius 1 is 1.18 bits per heavy atom. The van der Waals surface area contributed by atoms with Crippen LogP contribution in [0.4, 0.5) is 13.2 Å². The molecule has 0 fully saturated rings. The SMILES string of the molecule is C=C(C)c1ccc(C(C)N2C=C3C4=C(C[C@@H](C)N(C(=O)c5cc(C(F)(F)F)c(Cl)cn5)C4)NN3[C@H](C)C2)cn1. The molecule has 0 aliphatic carbocycles. The first kappa shape index (κ1) is 27.1. The fourth-order valence-corrected chi connectivity index (χ4v) is 5.50. The summed E-state index contributed by atoms with van der Waals surface area (Å²) in [4.78, 5) is 25.7. The maximum atomic E-state index is 13.4. The molecular formula is C28H30ClF3N6O. The van der Waals surface area contributed by atoms with E-state index in [0.29, 0.717) is 6.42 Å². The molecule has 7 nitrogen and oxygen atoms in total. The third-order valence-corrected chi connectivity index (χ3v) is 7.90. The number of aromatic nitrogens is 2. The predicted molar refractivity (Wildman–Crippen MR) is 143 cm³/mol. The summed E-state index contributed by atoms with van der Waals surface area (Å²) in [7, 11) is 0. The second kappa shape index (κ2) is 9.89. The van der Waals surface area contributed by atoms with Gasteiger partial charge in [0.2, 0.25) is 0 Å². The van der Waals surface area contributed by atoms with E-state index in [1.165, 1.54) is 0 Å². The minimum Gasteiger partial charge on any atom is -0.367 e. The van der Waals surface area contributed by atoms with Crippen molar-refractivity contribution in [1.82, 2.24) is 30.2 Å². The lowest BCUT2D eigenvalue weighted by Gasteiger charge is -2.41. The van der Waals surface area contributed by atoms with Crippen LogP contribution in [-0.2, 0) is 6.18 Å². The van der Waals surface area contributed by atoms with Crippen molar-refractivity contribution in [3.63, 3.8) is 0 Å². The molecule has 0 aromatic carbocycles. The van der Waals surface area contributed by atoms with E-state index >= 15 is 0 Å². The summed E-state index contributed by atoms with van der Waals surface area (Å²) < 4.78 is 40.2. The molecule has 2 aromatic heterocycles. The zero-order chi connectivity index (χ0) is 28.2. The molecule has 1 N–H and O–H groups in total. The van der Waals surface area contributed by atoms with Gasteiger partial charge < -0.3 is 15.2 Å². The first-order chi connectivity index (χ1) is 18.3. The highest BCUT2D eigenvalue weighted by Crippen LogP contribution is 2.39. The summed E-state index contributed by atoms with van der Waals surface area (Å²) in [6, 6.07) is 4.72. The van der Waals surface area contributed by atoms with Crippen LogP contribution in [0.2, 0.25) is 5.02 Å². The number of nitrogens with zero attached hydrogens (tertiary/aromatic N) is 5. The van der Waals surface area contributed by atoms with Crippen molar-refractivity contribution in [2.45, 2.75) is 58.4 Å². The molecule has 1 amide bonds. The third kappa shape index (κ3) is 4.97. The van der Waals surface area contributed by atoms with Gasteiger partial charge in [0.1, 0.15) is 5.69 Å². The lowest BCUT2D eigenvalue weighted by atomic mass is 9.97. The van der Waals surface area contributed by atoms with Gasteiger partial charge in [0, 0.05) is 48.9 Å². The number of hydrazine groups is 1. The van der Waals surface area contributed by atoms with E-state index in [9.17, 15) is 18.0 Å². The van der Waals surface area contributed by atoms with E-state index < -0.39 is 22.7 Å². The summed E-state index contributed by atoms with van der Waals surface area (Å²) in [6.45, 7) is 13.0. The molecule has 0 saturated heterocycles. The molecule has 5 rings (SSSR count). The van der Waals surface area contributed by atoms with Gasteiger partial charge in [-0.1, -0.05) is 24.2 Å². The van der Waals surface area contributed by atoms with Crippen molar-refractivity contribution in [3.8, 4) is 0 Å². The molecule has 3 aliphatic rings. The Morgan fingerprint density at radius 3 is 2.54 bits per heavy atom. The Kier molecular flexibility index (Phi) is 6.86. The molecule has 2 aromatic rings. The van der Waals surface area contributed by atoms with Gasteiger partial charge in [-0.2, -0.15) is 13.2 Å². The Balaban J connectivity index is 1.41. The van der Waals surface area contributed by atoms with Crippen LogP contribution in [0.1, 0.15) is 67.5 Å². The van der Waals surface area contributed by atoms with Crippen LogP contribution < -0.4 is 5.43 Å². The van der Waals surface area contributed by atoms with Crippen molar-refractivity contribution in [1.29, 1.82) is 0 Å². The molecule has 0 spiro atoms. The van der Waals surface area contributed by atoms with Crippen LogP contribution in [0, 0.1) is 0 Å². The topological polar surface area (TPSA) is 64.6 Å². The molecule has 0 bridgehead atoms. The number of rotatable bonds is 4. The minimum absolute atomic E-state index is 0.0535. The molecule has 1 unspecified atom stereocenters. The number of carbonyl (C=O) groups excluding carboxylic acids is 1. The highest BCUT2D eigenvalue weighted by molar-refractivity contribution is 6.31. The fraction of sp³-hybridized carbons (Fsp3) is 0.393. The van der Waals surface area contributed by atoms with Crippen LogP contribution in [0.15, 0.2) is 60.3 Å². The number of carbonyl (C=O) groups is 1. The van der Waals surface area contributed by atoms with Gasteiger partial charge in [-0.25, -0.2) is 4.98 Å². The highest BCUT2D eigenvalue weighted by Gasteiger charge is 2.41. The number of hydrogen-bond donors (Lipinski definition) is 1. The van der Waals surface area contributed by atoms with Crippen molar-refractivity contribution in [2.75, 3.05) is 13.1 Å². The summed E-state index contributed by atoms with van der Waals surface area (Å²) in [5.41, 5.74) is 7.91. The Hall–Kier alpha value is -3.53. The Labute approximate surface area is 230 Å². The Bertz CT molecular complexity index is 1390. The van der Waals surface area contributed by atoms with Gasteiger partial charge >= 0.3 is 6.18 Å². The first-order valence-electron chi connectivity index (χ1n) is 12.8. The van der Waals surface area contributed by atoms with Crippen LogP contribution in [0.25, 0.3) is 5.57 Å². The zero-order valence-corrected chi connectivity index (χ0v) is 22.9. The van der Waals surface area contributed by atoms with E-state index in [2.05, 4.69) is 58.0 Å². The second-order valence-corrected chi connectivity index (χ2v) is 10.9. The quantitative estimate of drug-likeness (QED) is 0.512. The fourth-order valence-electron chi connectivity index (χ4n) is 5.29. The maximum absolute atomic E-state index is 13.4. The number of fused-ring (bicyclic) bond motifs is 2. The normalized spacial score (nSPS) is 21.7. The van der Waals surface area contributed by atoms with Gasteiger partial charge in [-0.05, 0) is 51.0 Å². The molecule has 39 heavy (non-hydrogen) atoms. The maximum Gasteiger partial charge on any atom is 0.417 e. The summed E-state index contributed by atoms with van der Waals surface area (Å²) in [5.74, 6) is -0.562. The van der Waals surface area contributed by atoms with Gasteiger partial charge in [0.25, 0.3) is 5.91 Å². The van der Waals surface area contributed by atoms with Crippen molar-refractivity contribution >= 4 is 23.1 Å². The standard InChI is InChI=1S/C28H30ClF3N6O/c1-15(2)23-7-6-19(10-33-23)18(5)36-12-17(4)38-26(14-36)20-13-37(16(3)8-24(20)35-38)27(39)25-9-21(28(30,31)32)22(29)11-34-25/h6-7,9-11,14,16-18,35H,1,8,12-13H2,2-5H3/t16-,17-,18?/m1/s1. The second-order valence-electron chi connectivity index (χ2n) is 10.5. The number of nitrogens with one attached hydrogen (secondary N) is 1. The molecular weight excluding hydrogens is 529 g/mol. The monoisotopic (exact) mass is 558 g/mol. The van der Waals surface area contributed by atoms with E-state index in [-0.39, 0.29) is 30.4 Å². The lowest BCUT2D eigenvalue weighted by Crippen LogP contribution is -2.48. The predicted octanol–water partition coefficient (Wildman–Crippen LogP) is 5.80. The molecule has 3 aliphatic heterocycles. The molecule has 11 heteroatoms. The number of allylic oxidation sites excluding steroid dienone is 1. The van der Waals surface area contributed by atoms with E-state index in [0.717, 1.165) is 52.6 Å². The smallest absolute Gasteiger partial charge is 0.367 e. The zero-order valence-electron chi connectivity index (χ0n) is 22.2. The summed E-state index contributed by atoms with van der Waals surface area (Å²) >= 11 is 5.72. The molecule has 5 heterocycles. The van der Waals surface area contributed by atoms with Crippen molar-refractivity contribution < 1.29 is 18.0 Å². The molecule has 0 saturated carbocycles. The average Bonchev–Trinajstić information content (AvgIpc) is 3.24. The Morgan fingerprint density at radius 2 is 1.90 bits per heavy atom. The number of halogens is 4. The van der Waals surface area contributed by atoms with Crippen LogP contribution in [-0.4, -0.2) is 55.9 Å².